The van der Waals surface area contributed by atoms with Gasteiger partial charge in [-0.05, 0) is 67.8 Å². The van der Waals surface area contributed by atoms with Gasteiger partial charge in [-0.1, -0.05) is 22.0 Å². The summed E-state index contributed by atoms with van der Waals surface area (Å²) in [5, 5.41) is 2.95. The molecule has 1 heterocycles. The van der Waals surface area contributed by atoms with Crippen molar-refractivity contribution in [2.45, 2.75) is 27.2 Å². The number of hydrogen-bond acceptors (Lipinski definition) is 2. The van der Waals surface area contributed by atoms with Crippen molar-refractivity contribution in [3.8, 4) is 0 Å². The molecule has 0 radical (unpaired) electrons. The fourth-order valence-electron chi connectivity index (χ4n) is 3.03. The van der Waals surface area contributed by atoms with Gasteiger partial charge in [-0.2, -0.15) is 0 Å². The SMILES string of the molecule is Cc1ccc(N2C[C@@H](C(=O)Nc3ccc(Br)cc3C)CC2=O)cc1C. The molecule has 0 bridgehead atoms. The predicted molar refractivity (Wildman–Crippen MR) is 104 cm³/mol. The topological polar surface area (TPSA) is 49.4 Å². The van der Waals surface area contributed by atoms with E-state index in [1.54, 1.807) is 4.90 Å². The Balaban J connectivity index is 1.73. The molecule has 1 saturated heterocycles. The number of nitrogens with zero attached hydrogens (tertiary/aromatic N) is 1. The minimum Gasteiger partial charge on any atom is -0.326 e. The number of aryl methyl sites for hydroxylation is 3. The summed E-state index contributed by atoms with van der Waals surface area (Å²) >= 11 is 3.42. The van der Waals surface area contributed by atoms with Crippen molar-refractivity contribution >= 4 is 39.1 Å². The van der Waals surface area contributed by atoms with Crippen LogP contribution in [0.15, 0.2) is 40.9 Å². The summed E-state index contributed by atoms with van der Waals surface area (Å²) in [7, 11) is 0. The van der Waals surface area contributed by atoms with Crippen LogP contribution in [0.25, 0.3) is 0 Å². The van der Waals surface area contributed by atoms with Crippen LogP contribution in [0, 0.1) is 26.7 Å². The fourth-order valence-corrected chi connectivity index (χ4v) is 3.50. The van der Waals surface area contributed by atoms with Crippen LogP contribution < -0.4 is 10.2 Å². The number of carbonyl (C=O) groups excluding carboxylic acids is 2. The Kier molecular flexibility index (Phi) is 4.95. The highest BCUT2D eigenvalue weighted by atomic mass is 79.9. The van der Waals surface area contributed by atoms with Crippen LogP contribution in [-0.2, 0) is 9.59 Å². The lowest BCUT2D eigenvalue weighted by molar-refractivity contribution is -0.122. The van der Waals surface area contributed by atoms with Crippen LogP contribution in [-0.4, -0.2) is 18.4 Å². The molecule has 4 nitrogen and oxygen atoms in total. The highest BCUT2D eigenvalue weighted by Gasteiger charge is 2.35. The van der Waals surface area contributed by atoms with E-state index in [0.29, 0.717) is 6.54 Å². The van der Waals surface area contributed by atoms with Crippen LogP contribution in [0.5, 0.6) is 0 Å². The third kappa shape index (κ3) is 3.76. The van der Waals surface area contributed by atoms with Gasteiger partial charge in [0.25, 0.3) is 0 Å². The number of halogens is 1. The molecule has 25 heavy (non-hydrogen) atoms. The molecule has 0 aromatic heterocycles. The number of nitrogens with one attached hydrogen (secondary N) is 1. The lowest BCUT2D eigenvalue weighted by Gasteiger charge is -2.18. The third-order valence-corrected chi connectivity index (χ3v) is 5.24. The molecule has 0 unspecified atom stereocenters. The molecular formula is C20H21BrN2O2. The molecule has 0 saturated carbocycles. The van der Waals surface area contributed by atoms with E-state index in [-0.39, 0.29) is 24.2 Å². The van der Waals surface area contributed by atoms with E-state index in [4.69, 9.17) is 0 Å². The second-order valence-corrected chi connectivity index (χ2v) is 7.54. The quantitative estimate of drug-likeness (QED) is 0.831. The van der Waals surface area contributed by atoms with Crippen LogP contribution in [0.4, 0.5) is 11.4 Å². The Morgan fingerprint density at radius 1 is 1.08 bits per heavy atom. The summed E-state index contributed by atoms with van der Waals surface area (Å²) in [6.45, 7) is 6.44. The van der Waals surface area contributed by atoms with Gasteiger partial charge in [0.15, 0.2) is 0 Å². The summed E-state index contributed by atoms with van der Waals surface area (Å²) in [4.78, 5) is 26.7. The van der Waals surface area contributed by atoms with Gasteiger partial charge < -0.3 is 10.2 Å². The van der Waals surface area contributed by atoms with Gasteiger partial charge in [-0.3, -0.25) is 9.59 Å². The predicted octanol–water partition coefficient (Wildman–Crippen LogP) is 4.37. The first-order valence-electron chi connectivity index (χ1n) is 8.30. The molecule has 0 aliphatic carbocycles. The minimum absolute atomic E-state index is 0.00377. The van der Waals surface area contributed by atoms with Gasteiger partial charge >= 0.3 is 0 Å². The molecule has 130 valence electrons. The fraction of sp³-hybridized carbons (Fsp3) is 0.300. The standard InChI is InChI=1S/C20H21BrN2O2/c1-12-4-6-17(9-13(12)2)23-11-15(10-19(23)24)20(25)22-18-7-5-16(21)8-14(18)3/h4-9,15H,10-11H2,1-3H3,(H,22,25)/t15-/m0/s1. The van der Waals surface area contributed by atoms with E-state index in [2.05, 4.69) is 21.2 Å². The van der Waals surface area contributed by atoms with Crippen molar-refractivity contribution < 1.29 is 9.59 Å². The number of hydrogen-bond donors (Lipinski definition) is 1. The number of carbonyl (C=O) groups is 2. The average molecular weight is 401 g/mol. The normalized spacial score (nSPS) is 17.0. The van der Waals surface area contributed by atoms with E-state index >= 15 is 0 Å². The first-order chi connectivity index (χ1) is 11.8. The number of benzene rings is 2. The second-order valence-electron chi connectivity index (χ2n) is 6.62. The summed E-state index contributed by atoms with van der Waals surface area (Å²) < 4.78 is 0.972. The van der Waals surface area contributed by atoms with Crippen molar-refractivity contribution in [3.63, 3.8) is 0 Å². The number of anilines is 2. The Hall–Kier alpha value is -2.14. The number of amides is 2. The molecule has 2 amide bonds. The monoisotopic (exact) mass is 400 g/mol. The molecule has 1 atom stereocenters. The Labute approximate surface area is 156 Å². The lowest BCUT2D eigenvalue weighted by Crippen LogP contribution is -2.28. The van der Waals surface area contributed by atoms with Crippen molar-refractivity contribution in [1.29, 1.82) is 0 Å². The Morgan fingerprint density at radius 2 is 1.84 bits per heavy atom. The van der Waals surface area contributed by atoms with E-state index in [9.17, 15) is 9.59 Å². The Morgan fingerprint density at radius 3 is 2.52 bits per heavy atom. The van der Waals surface area contributed by atoms with Gasteiger partial charge in [0.05, 0.1) is 5.92 Å². The van der Waals surface area contributed by atoms with Crippen LogP contribution in [0.2, 0.25) is 0 Å². The zero-order valence-corrected chi connectivity index (χ0v) is 16.2. The summed E-state index contributed by atoms with van der Waals surface area (Å²) in [6, 6.07) is 11.7. The van der Waals surface area contributed by atoms with Gasteiger partial charge in [0, 0.05) is 28.8 Å². The van der Waals surface area contributed by atoms with E-state index < -0.39 is 0 Å². The van der Waals surface area contributed by atoms with Gasteiger partial charge in [-0.15, -0.1) is 0 Å². The zero-order chi connectivity index (χ0) is 18.1. The highest BCUT2D eigenvalue weighted by molar-refractivity contribution is 9.10. The molecule has 5 heteroatoms. The van der Waals surface area contributed by atoms with Gasteiger partial charge in [-0.25, -0.2) is 0 Å². The van der Waals surface area contributed by atoms with E-state index in [1.165, 1.54) is 5.56 Å². The molecule has 2 aromatic carbocycles. The van der Waals surface area contributed by atoms with E-state index in [0.717, 1.165) is 27.0 Å². The van der Waals surface area contributed by atoms with Crippen molar-refractivity contribution in [2.75, 3.05) is 16.8 Å². The maximum absolute atomic E-state index is 12.6. The highest BCUT2D eigenvalue weighted by Crippen LogP contribution is 2.28. The van der Waals surface area contributed by atoms with E-state index in [1.807, 2.05) is 57.2 Å². The Bertz CT molecular complexity index is 848. The first kappa shape index (κ1) is 17.7. The van der Waals surface area contributed by atoms with Crippen molar-refractivity contribution in [1.82, 2.24) is 0 Å². The molecule has 3 rings (SSSR count). The van der Waals surface area contributed by atoms with Gasteiger partial charge in [0.2, 0.25) is 11.8 Å². The summed E-state index contributed by atoms with van der Waals surface area (Å²) in [6.07, 6.45) is 0.244. The largest absolute Gasteiger partial charge is 0.326 e. The minimum atomic E-state index is -0.336. The first-order valence-corrected chi connectivity index (χ1v) is 9.09. The summed E-state index contributed by atoms with van der Waals surface area (Å²) in [5.74, 6) is -0.446. The smallest absolute Gasteiger partial charge is 0.229 e. The molecule has 1 aliphatic heterocycles. The van der Waals surface area contributed by atoms with Gasteiger partial charge in [0.1, 0.15) is 0 Å². The molecule has 1 N–H and O–H groups in total. The second kappa shape index (κ2) is 7.00. The molecular weight excluding hydrogens is 380 g/mol. The molecule has 0 spiro atoms. The van der Waals surface area contributed by atoms with Crippen LogP contribution in [0.3, 0.4) is 0 Å². The summed E-state index contributed by atoms with van der Waals surface area (Å²) in [5.41, 5.74) is 4.96. The van der Waals surface area contributed by atoms with Crippen molar-refractivity contribution in [2.24, 2.45) is 5.92 Å². The van der Waals surface area contributed by atoms with Crippen LogP contribution >= 0.6 is 15.9 Å². The molecule has 1 aliphatic rings. The van der Waals surface area contributed by atoms with Crippen molar-refractivity contribution in [3.05, 3.63) is 57.6 Å². The molecule has 2 aromatic rings. The van der Waals surface area contributed by atoms with Crippen LogP contribution in [0.1, 0.15) is 23.1 Å². The third-order valence-electron chi connectivity index (χ3n) is 4.74. The lowest BCUT2D eigenvalue weighted by atomic mass is 10.1. The maximum atomic E-state index is 12.6. The molecule has 1 fully saturated rings. The maximum Gasteiger partial charge on any atom is 0.229 e. The average Bonchev–Trinajstić information content (AvgIpc) is 2.95. The zero-order valence-electron chi connectivity index (χ0n) is 14.6. The number of rotatable bonds is 3.